The minimum atomic E-state index is -2.94. The average molecular weight is 408 g/mol. The molecule has 2 aliphatic rings. The predicted octanol–water partition coefficient (Wildman–Crippen LogP) is 1.63. The van der Waals surface area contributed by atoms with E-state index in [0.29, 0.717) is 17.9 Å². The summed E-state index contributed by atoms with van der Waals surface area (Å²) in [6.07, 6.45) is 0.637. The average Bonchev–Trinajstić information content (AvgIpc) is 3.17. The molecule has 0 saturated carbocycles. The smallest absolute Gasteiger partial charge is 0.198 e. The van der Waals surface area contributed by atoms with Gasteiger partial charge in [0.1, 0.15) is 5.82 Å². The highest BCUT2D eigenvalue weighted by atomic mass is 32.2. The first-order chi connectivity index (χ1) is 12.9. The van der Waals surface area contributed by atoms with Crippen molar-refractivity contribution in [3.8, 4) is 0 Å². The Balaban J connectivity index is 1.42. The number of para-hydroxylation sites is 1. The fraction of sp³-hybridized carbons (Fsp3) is 0.556. The van der Waals surface area contributed by atoms with Gasteiger partial charge in [-0.3, -0.25) is 4.90 Å². The largest absolute Gasteiger partial charge is 0.369 e. The van der Waals surface area contributed by atoms with Crippen molar-refractivity contribution >= 4 is 27.7 Å². The molecule has 2 saturated heterocycles. The van der Waals surface area contributed by atoms with Crippen LogP contribution in [0.4, 0.5) is 5.69 Å². The standard InChI is InChI=1S/C18H25N5O2S2/c1-20-17(15-7-12-27(24,25)13-15)19-23(18(20)26)14-21-8-10-22(11-9-21)16-5-3-2-4-6-16/h2-6,15H,7-14H2,1H3/t15-/m1/s1. The van der Waals surface area contributed by atoms with Gasteiger partial charge in [0.15, 0.2) is 14.6 Å². The van der Waals surface area contributed by atoms with Crippen LogP contribution in [0.25, 0.3) is 0 Å². The fourth-order valence-corrected chi connectivity index (χ4v) is 5.86. The molecule has 0 amide bonds. The number of hydrogen-bond acceptors (Lipinski definition) is 6. The molecule has 0 aliphatic carbocycles. The molecule has 9 heteroatoms. The van der Waals surface area contributed by atoms with E-state index in [1.165, 1.54) is 5.69 Å². The third-order valence-corrected chi connectivity index (χ3v) is 7.75. The Morgan fingerprint density at radius 1 is 1.15 bits per heavy atom. The SMILES string of the molecule is Cn1c([C@@H]2CCS(=O)(=O)C2)nn(CN2CCN(c3ccccc3)CC2)c1=S. The van der Waals surface area contributed by atoms with E-state index in [1.54, 1.807) is 0 Å². The van der Waals surface area contributed by atoms with Gasteiger partial charge in [0.05, 0.1) is 18.2 Å². The van der Waals surface area contributed by atoms with Crippen molar-refractivity contribution in [3.05, 3.63) is 40.9 Å². The molecule has 2 fully saturated rings. The number of aromatic nitrogens is 3. The van der Waals surface area contributed by atoms with Crippen LogP contribution in [-0.2, 0) is 23.6 Å². The van der Waals surface area contributed by atoms with Crippen molar-refractivity contribution in [1.82, 2.24) is 19.2 Å². The van der Waals surface area contributed by atoms with Gasteiger partial charge < -0.3 is 9.47 Å². The lowest BCUT2D eigenvalue weighted by Crippen LogP contribution is -2.47. The molecule has 4 rings (SSSR count). The first kappa shape index (κ1) is 18.6. The predicted molar refractivity (Wildman–Crippen MR) is 108 cm³/mol. The lowest BCUT2D eigenvalue weighted by atomic mass is 10.1. The second-order valence-electron chi connectivity index (χ2n) is 7.38. The van der Waals surface area contributed by atoms with Crippen LogP contribution in [-0.4, -0.2) is 65.4 Å². The maximum atomic E-state index is 11.8. The Bertz CT molecular complexity index is 959. The van der Waals surface area contributed by atoms with E-state index < -0.39 is 9.84 Å². The number of hydrogen-bond donors (Lipinski definition) is 0. The van der Waals surface area contributed by atoms with Gasteiger partial charge in [-0.15, -0.1) is 0 Å². The molecule has 0 bridgehead atoms. The van der Waals surface area contributed by atoms with Crippen LogP contribution in [0, 0.1) is 4.77 Å². The summed E-state index contributed by atoms with van der Waals surface area (Å²) in [5, 5.41) is 4.68. The molecule has 0 radical (unpaired) electrons. The van der Waals surface area contributed by atoms with Gasteiger partial charge in [0.2, 0.25) is 0 Å². The summed E-state index contributed by atoms with van der Waals surface area (Å²) < 4.78 is 28.0. The normalized spacial score (nSPS) is 23.0. The zero-order chi connectivity index (χ0) is 19.0. The molecule has 0 spiro atoms. The third kappa shape index (κ3) is 3.95. The topological polar surface area (TPSA) is 63.4 Å². The molecule has 146 valence electrons. The number of piperazine rings is 1. The van der Waals surface area contributed by atoms with E-state index >= 15 is 0 Å². The first-order valence-electron chi connectivity index (χ1n) is 9.29. The van der Waals surface area contributed by atoms with Crippen molar-refractivity contribution in [2.24, 2.45) is 7.05 Å². The zero-order valence-electron chi connectivity index (χ0n) is 15.5. The highest BCUT2D eigenvalue weighted by molar-refractivity contribution is 7.91. The molecule has 2 aromatic rings. The number of sulfone groups is 1. The van der Waals surface area contributed by atoms with Crippen LogP contribution in [0.15, 0.2) is 30.3 Å². The number of nitrogens with zero attached hydrogens (tertiary/aromatic N) is 5. The van der Waals surface area contributed by atoms with E-state index in [0.717, 1.165) is 32.0 Å². The van der Waals surface area contributed by atoms with Gasteiger partial charge in [0, 0.05) is 44.8 Å². The fourth-order valence-electron chi connectivity index (χ4n) is 3.93. The molecule has 0 unspecified atom stereocenters. The van der Waals surface area contributed by atoms with E-state index in [2.05, 4.69) is 39.2 Å². The Labute approximate surface area is 165 Å². The van der Waals surface area contributed by atoms with Crippen LogP contribution < -0.4 is 4.90 Å². The zero-order valence-corrected chi connectivity index (χ0v) is 17.1. The van der Waals surface area contributed by atoms with E-state index in [9.17, 15) is 8.42 Å². The second-order valence-corrected chi connectivity index (χ2v) is 9.98. The van der Waals surface area contributed by atoms with Crippen LogP contribution >= 0.6 is 12.2 Å². The summed E-state index contributed by atoms with van der Waals surface area (Å²) in [7, 11) is -1.05. The minimum absolute atomic E-state index is 0.0436. The van der Waals surface area contributed by atoms with Crippen molar-refractivity contribution in [1.29, 1.82) is 0 Å². The molecule has 1 aromatic heterocycles. The van der Waals surface area contributed by atoms with Crippen molar-refractivity contribution in [2.45, 2.75) is 19.0 Å². The summed E-state index contributed by atoms with van der Waals surface area (Å²) >= 11 is 5.55. The number of rotatable bonds is 4. The summed E-state index contributed by atoms with van der Waals surface area (Å²) in [5.41, 5.74) is 1.26. The quantitative estimate of drug-likeness (QED) is 0.718. The Hall–Kier alpha value is -1.71. The molecule has 1 atom stereocenters. The van der Waals surface area contributed by atoms with Crippen LogP contribution in [0.3, 0.4) is 0 Å². The maximum Gasteiger partial charge on any atom is 0.198 e. The summed E-state index contributed by atoms with van der Waals surface area (Å²) in [6, 6.07) is 10.5. The van der Waals surface area contributed by atoms with Gasteiger partial charge in [-0.1, -0.05) is 18.2 Å². The van der Waals surface area contributed by atoms with Gasteiger partial charge >= 0.3 is 0 Å². The van der Waals surface area contributed by atoms with Crippen LogP contribution in [0.5, 0.6) is 0 Å². The monoisotopic (exact) mass is 407 g/mol. The second kappa shape index (κ2) is 7.37. The van der Waals surface area contributed by atoms with Gasteiger partial charge in [-0.05, 0) is 30.8 Å². The molecule has 3 heterocycles. The summed E-state index contributed by atoms with van der Waals surface area (Å²) in [4.78, 5) is 4.74. The van der Waals surface area contributed by atoms with Gasteiger partial charge in [0.25, 0.3) is 0 Å². The molecule has 27 heavy (non-hydrogen) atoms. The number of benzene rings is 1. The molecule has 0 N–H and O–H groups in total. The summed E-state index contributed by atoms with van der Waals surface area (Å²) in [6.45, 7) is 4.48. The van der Waals surface area contributed by atoms with Gasteiger partial charge in [-0.25, -0.2) is 13.1 Å². The molecular formula is C18H25N5O2S2. The van der Waals surface area contributed by atoms with Crippen molar-refractivity contribution in [2.75, 3.05) is 42.6 Å². The van der Waals surface area contributed by atoms with E-state index in [1.807, 2.05) is 22.4 Å². The third-order valence-electron chi connectivity index (χ3n) is 5.50. The van der Waals surface area contributed by atoms with Crippen molar-refractivity contribution in [3.63, 3.8) is 0 Å². The maximum absolute atomic E-state index is 11.8. The highest BCUT2D eigenvalue weighted by Crippen LogP contribution is 2.27. The molecule has 1 aromatic carbocycles. The summed E-state index contributed by atoms with van der Waals surface area (Å²) in [5.74, 6) is 1.18. The van der Waals surface area contributed by atoms with Crippen molar-refractivity contribution < 1.29 is 8.42 Å². The number of anilines is 1. The van der Waals surface area contributed by atoms with E-state index in [4.69, 9.17) is 12.2 Å². The van der Waals surface area contributed by atoms with Crippen LogP contribution in [0.1, 0.15) is 18.2 Å². The molecular weight excluding hydrogens is 382 g/mol. The van der Waals surface area contributed by atoms with Gasteiger partial charge in [-0.2, -0.15) is 5.10 Å². The molecule has 7 nitrogen and oxygen atoms in total. The minimum Gasteiger partial charge on any atom is -0.369 e. The van der Waals surface area contributed by atoms with E-state index in [-0.39, 0.29) is 17.4 Å². The Morgan fingerprint density at radius 2 is 1.85 bits per heavy atom. The lowest BCUT2D eigenvalue weighted by Gasteiger charge is -2.35. The first-order valence-corrected chi connectivity index (χ1v) is 11.5. The Morgan fingerprint density at radius 3 is 2.48 bits per heavy atom. The highest BCUT2D eigenvalue weighted by Gasteiger charge is 2.32. The lowest BCUT2D eigenvalue weighted by molar-refractivity contribution is 0.194. The molecule has 2 aliphatic heterocycles. The Kier molecular flexibility index (Phi) is 5.09. The van der Waals surface area contributed by atoms with Crippen LogP contribution in [0.2, 0.25) is 0 Å².